The Hall–Kier alpha value is -3.22. The van der Waals surface area contributed by atoms with Crippen LogP contribution in [0.15, 0.2) is 53.6 Å². The number of para-hydroxylation sites is 1. The van der Waals surface area contributed by atoms with Gasteiger partial charge in [-0.25, -0.2) is 10.2 Å². The third-order valence-corrected chi connectivity index (χ3v) is 4.86. The van der Waals surface area contributed by atoms with Crippen LogP contribution in [0, 0.1) is 0 Å². The van der Waals surface area contributed by atoms with E-state index in [1.165, 1.54) is 19.3 Å². The summed E-state index contributed by atoms with van der Waals surface area (Å²) in [5.41, 5.74) is 3.31. The second-order valence-corrected chi connectivity index (χ2v) is 7.10. The fourth-order valence-electron chi connectivity index (χ4n) is 3.34. The van der Waals surface area contributed by atoms with Crippen molar-refractivity contribution in [2.45, 2.75) is 38.1 Å². The minimum absolute atomic E-state index is 0.247. The molecule has 1 aliphatic rings. The molecule has 7 heteroatoms. The van der Waals surface area contributed by atoms with Crippen LogP contribution in [-0.4, -0.2) is 38.6 Å². The molecule has 0 aliphatic heterocycles. The molecule has 2 aromatic rings. The van der Waals surface area contributed by atoms with E-state index in [-0.39, 0.29) is 12.1 Å². The average Bonchev–Trinajstić information content (AvgIpc) is 2.78. The lowest BCUT2D eigenvalue weighted by molar-refractivity contribution is 0.211. The zero-order valence-corrected chi connectivity index (χ0v) is 17.3. The number of carbonyl (C=O) groups excluding carboxylic acids is 1. The number of methoxy groups -OCH3 is 1. The Balaban J connectivity index is 1.44. The lowest BCUT2D eigenvalue weighted by Crippen LogP contribution is -2.41. The molecule has 0 saturated heterocycles. The van der Waals surface area contributed by atoms with E-state index >= 15 is 0 Å². The van der Waals surface area contributed by atoms with Gasteiger partial charge in [0.2, 0.25) is 0 Å². The van der Waals surface area contributed by atoms with Crippen molar-refractivity contribution < 1.29 is 19.0 Å². The summed E-state index contributed by atoms with van der Waals surface area (Å²) in [7, 11) is 1.58. The molecule has 0 heterocycles. The van der Waals surface area contributed by atoms with Crippen molar-refractivity contribution in [3.63, 3.8) is 0 Å². The third kappa shape index (κ3) is 6.99. The highest BCUT2D eigenvalue weighted by Gasteiger charge is 2.15. The molecular formula is C23H29N3O4. The van der Waals surface area contributed by atoms with Crippen molar-refractivity contribution in [2.24, 2.45) is 5.10 Å². The molecule has 7 nitrogen and oxygen atoms in total. The first-order chi connectivity index (χ1) is 14.7. The largest absolute Gasteiger partial charge is 0.493 e. The van der Waals surface area contributed by atoms with Gasteiger partial charge < -0.3 is 19.5 Å². The standard InChI is InChI=1S/C23H29N3O4/c1-28-22-16-18(17-24-26-23(27)25-19-8-4-2-5-9-19)12-13-21(22)30-15-14-29-20-10-6-3-7-11-20/h3,6-7,10-13,16-17,19H,2,4-5,8-9,14-15H2,1H3,(H2,25,26,27). The van der Waals surface area contributed by atoms with E-state index in [0.717, 1.165) is 24.2 Å². The quantitative estimate of drug-likeness (QED) is 0.369. The van der Waals surface area contributed by atoms with Gasteiger partial charge in [0, 0.05) is 6.04 Å². The SMILES string of the molecule is COc1cc(C=NNC(=O)NC2CCCCC2)ccc1OCCOc1ccccc1. The molecule has 3 rings (SSSR count). The van der Waals surface area contributed by atoms with Gasteiger partial charge in [-0.15, -0.1) is 0 Å². The molecule has 2 amide bonds. The molecule has 0 radical (unpaired) electrons. The Labute approximate surface area is 177 Å². The maximum absolute atomic E-state index is 11.9. The lowest BCUT2D eigenvalue weighted by Gasteiger charge is -2.22. The summed E-state index contributed by atoms with van der Waals surface area (Å²) < 4.78 is 16.8. The molecule has 30 heavy (non-hydrogen) atoms. The zero-order valence-electron chi connectivity index (χ0n) is 17.3. The van der Waals surface area contributed by atoms with Crippen LogP contribution >= 0.6 is 0 Å². The van der Waals surface area contributed by atoms with Crippen LogP contribution in [0.5, 0.6) is 17.2 Å². The Kier molecular flexibility index (Phi) is 8.38. The van der Waals surface area contributed by atoms with Gasteiger partial charge in [0.25, 0.3) is 0 Å². The third-order valence-electron chi connectivity index (χ3n) is 4.86. The number of amides is 2. The molecular weight excluding hydrogens is 382 g/mol. The summed E-state index contributed by atoms with van der Waals surface area (Å²) in [6.45, 7) is 0.817. The van der Waals surface area contributed by atoms with Crippen LogP contribution in [0.4, 0.5) is 4.79 Å². The summed E-state index contributed by atoms with van der Waals surface area (Å²) in [6.07, 6.45) is 7.23. The van der Waals surface area contributed by atoms with Crippen LogP contribution < -0.4 is 25.0 Å². The van der Waals surface area contributed by atoms with E-state index in [2.05, 4.69) is 15.8 Å². The normalized spacial score (nSPS) is 14.3. The number of nitrogens with zero attached hydrogens (tertiary/aromatic N) is 1. The summed E-state index contributed by atoms with van der Waals surface area (Å²) in [5, 5.41) is 6.97. The Bertz CT molecular complexity index is 820. The Morgan fingerprint density at radius 1 is 1.03 bits per heavy atom. The number of hydrogen-bond acceptors (Lipinski definition) is 5. The highest BCUT2D eigenvalue weighted by atomic mass is 16.5. The van der Waals surface area contributed by atoms with Gasteiger partial charge in [0.15, 0.2) is 11.5 Å². The average molecular weight is 412 g/mol. The number of nitrogens with one attached hydrogen (secondary N) is 2. The van der Waals surface area contributed by atoms with Gasteiger partial charge in [-0.1, -0.05) is 37.5 Å². The van der Waals surface area contributed by atoms with Crippen molar-refractivity contribution in [1.29, 1.82) is 0 Å². The number of hydrogen-bond donors (Lipinski definition) is 2. The molecule has 2 aromatic carbocycles. The Morgan fingerprint density at radius 3 is 2.57 bits per heavy atom. The molecule has 1 saturated carbocycles. The topological polar surface area (TPSA) is 81.2 Å². The van der Waals surface area contributed by atoms with Crippen LogP contribution in [0.3, 0.4) is 0 Å². The van der Waals surface area contributed by atoms with Crippen molar-refractivity contribution >= 4 is 12.2 Å². The fraction of sp³-hybridized carbons (Fsp3) is 0.391. The van der Waals surface area contributed by atoms with E-state index in [4.69, 9.17) is 14.2 Å². The predicted octanol–water partition coefficient (Wildman–Crippen LogP) is 4.12. The first-order valence-electron chi connectivity index (χ1n) is 10.3. The minimum Gasteiger partial charge on any atom is -0.493 e. The molecule has 0 aromatic heterocycles. The molecule has 1 aliphatic carbocycles. The van der Waals surface area contributed by atoms with Crippen molar-refractivity contribution in [3.8, 4) is 17.2 Å². The summed E-state index contributed by atoms with van der Waals surface area (Å²) in [6, 6.07) is 15.0. The fourth-order valence-corrected chi connectivity index (χ4v) is 3.34. The summed E-state index contributed by atoms with van der Waals surface area (Å²) in [5.74, 6) is 2.01. The van der Waals surface area contributed by atoms with Gasteiger partial charge >= 0.3 is 6.03 Å². The smallest absolute Gasteiger partial charge is 0.335 e. The monoisotopic (exact) mass is 411 g/mol. The molecule has 0 atom stereocenters. The highest BCUT2D eigenvalue weighted by molar-refractivity contribution is 5.82. The van der Waals surface area contributed by atoms with Crippen molar-refractivity contribution in [1.82, 2.24) is 10.7 Å². The van der Waals surface area contributed by atoms with Gasteiger partial charge in [-0.05, 0) is 48.7 Å². The van der Waals surface area contributed by atoms with Gasteiger partial charge in [-0.2, -0.15) is 5.10 Å². The van der Waals surface area contributed by atoms with Crippen LogP contribution in [0.25, 0.3) is 0 Å². The van der Waals surface area contributed by atoms with Gasteiger partial charge in [0.05, 0.1) is 13.3 Å². The summed E-state index contributed by atoms with van der Waals surface area (Å²) in [4.78, 5) is 11.9. The molecule has 2 N–H and O–H groups in total. The van der Waals surface area contributed by atoms with E-state index < -0.39 is 0 Å². The van der Waals surface area contributed by atoms with Crippen molar-refractivity contribution in [3.05, 3.63) is 54.1 Å². The maximum Gasteiger partial charge on any atom is 0.335 e. The van der Waals surface area contributed by atoms with Crippen LogP contribution in [-0.2, 0) is 0 Å². The molecule has 0 bridgehead atoms. The van der Waals surface area contributed by atoms with Crippen LogP contribution in [0.1, 0.15) is 37.7 Å². The molecule has 1 fully saturated rings. The highest BCUT2D eigenvalue weighted by Crippen LogP contribution is 2.27. The predicted molar refractivity (Wildman–Crippen MR) is 117 cm³/mol. The van der Waals surface area contributed by atoms with E-state index in [0.29, 0.717) is 24.7 Å². The molecule has 0 unspecified atom stereocenters. The van der Waals surface area contributed by atoms with Crippen LogP contribution in [0.2, 0.25) is 0 Å². The number of carbonyl (C=O) groups is 1. The first kappa shape index (κ1) is 21.5. The minimum atomic E-state index is -0.275. The van der Waals surface area contributed by atoms with E-state index in [1.807, 2.05) is 42.5 Å². The maximum atomic E-state index is 11.9. The molecule has 160 valence electrons. The second kappa shape index (κ2) is 11.7. The Morgan fingerprint density at radius 2 is 1.80 bits per heavy atom. The van der Waals surface area contributed by atoms with E-state index in [9.17, 15) is 4.79 Å². The number of benzene rings is 2. The van der Waals surface area contributed by atoms with Gasteiger partial charge in [-0.3, -0.25) is 0 Å². The first-order valence-corrected chi connectivity index (χ1v) is 10.3. The molecule has 0 spiro atoms. The number of rotatable bonds is 9. The second-order valence-electron chi connectivity index (χ2n) is 7.10. The number of hydrazone groups is 1. The van der Waals surface area contributed by atoms with Crippen molar-refractivity contribution in [2.75, 3.05) is 20.3 Å². The number of urea groups is 1. The zero-order chi connectivity index (χ0) is 21.0. The van der Waals surface area contributed by atoms with E-state index in [1.54, 1.807) is 19.4 Å². The summed E-state index contributed by atoms with van der Waals surface area (Å²) >= 11 is 0. The lowest BCUT2D eigenvalue weighted by atomic mass is 9.96. The van der Waals surface area contributed by atoms with Gasteiger partial charge in [0.1, 0.15) is 19.0 Å². The number of ether oxygens (including phenoxy) is 3.